The lowest BCUT2D eigenvalue weighted by Gasteiger charge is -2.20. The van der Waals surface area contributed by atoms with Gasteiger partial charge in [0, 0.05) is 9.79 Å². The Morgan fingerprint density at radius 1 is 0.933 bits per heavy atom. The average Bonchev–Trinajstić information content (AvgIpc) is 2.26. The number of anilines is 2. The van der Waals surface area contributed by atoms with Gasteiger partial charge in [-0.05, 0) is 18.2 Å². The predicted octanol–water partition coefficient (Wildman–Crippen LogP) is 2.69. The minimum Gasteiger partial charge on any atom is -0.354 e. The molecule has 0 atom stereocenters. The molecule has 2 radical (unpaired) electrons. The summed E-state index contributed by atoms with van der Waals surface area (Å²) in [6.45, 7) is 0. The molecule has 0 amide bonds. The van der Waals surface area contributed by atoms with Gasteiger partial charge in [-0.2, -0.15) is 0 Å². The molecule has 0 unspecified atom stereocenters. The second-order valence-corrected chi connectivity index (χ2v) is 4.56. The Labute approximate surface area is 94.3 Å². The maximum Gasteiger partial charge on any atom is 0.113 e. The molecule has 1 aliphatic rings. The monoisotopic (exact) mass is 209 g/mol. The van der Waals surface area contributed by atoms with Crippen molar-refractivity contribution in [1.82, 2.24) is 0 Å². The lowest BCUT2D eigenvalue weighted by Crippen LogP contribution is -2.06. The molecule has 0 saturated heterocycles. The fourth-order valence-corrected chi connectivity index (χ4v) is 2.69. The van der Waals surface area contributed by atoms with E-state index in [1.54, 1.807) is 11.8 Å². The second-order valence-electron chi connectivity index (χ2n) is 3.48. The third-order valence-corrected chi connectivity index (χ3v) is 3.52. The number of rotatable bonds is 0. The van der Waals surface area contributed by atoms with Crippen LogP contribution in [0.4, 0.5) is 11.4 Å². The minimum absolute atomic E-state index is 0.808. The summed E-state index contributed by atoms with van der Waals surface area (Å²) in [7, 11) is 5.76. The minimum atomic E-state index is 0.808. The lowest BCUT2D eigenvalue weighted by atomic mass is 9.96. The molecule has 1 heterocycles. The Morgan fingerprint density at radius 3 is 2.67 bits per heavy atom. The van der Waals surface area contributed by atoms with E-state index in [-0.39, 0.29) is 0 Å². The standard InChI is InChI=1S/C12H8BNS/c13-8-5-6-10-12(7-8)15-11-4-2-1-3-9(11)14-10/h1-7,14H. The largest absolute Gasteiger partial charge is 0.354 e. The van der Waals surface area contributed by atoms with Crippen molar-refractivity contribution in [2.45, 2.75) is 9.79 Å². The predicted molar refractivity (Wildman–Crippen MR) is 65.7 cm³/mol. The summed E-state index contributed by atoms with van der Waals surface area (Å²) in [6, 6.07) is 14.2. The Bertz CT molecular complexity index is 525. The Morgan fingerprint density at radius 2 is 1.73 bits per heavy atom. The van der Waals surface area contributed by atoms with Gasteiger partial charge < -0.3 is 5.32 Å². The quantitative estimate of drug-likeness (QED) is 0.571. The highest BCUT2D eigenvalue weighted by Crippen LogP contribution is 2.43. The number of para-hydroxylation sites is 1. The van der Waals surface area contributed by atoms with Crippen LogP contribution in [-0.4, -0.2) is 7.85 Å². The van der Waals surface area contributed by atoms with E-state index in [1.165, 1.54) is 15.5 Å². The van der Waals surface area contributed by atoms with E-state index >= 15 is 0 Å². The molecule has 0 spiro atoms. The summed E-state index contributed by atoms with van der Waals surface area (Å²) >= 11 is 1.75. The lowest BCUT2D eigenvalue weighted by molar-refractivity contribution is 1.32. The fraction of sp³-hybridized carbons (Fsp3) is 0. The number of fused-ring (bicyclic) bond motifs is 2. The molecule has 1 N–H and O–H groups in total. The molecule has 0 saturated carbocycles. The summed E-state index contributed by atoms with van der Waals surface area (Å²) in [5.41, 5.74) is 3.11. The summed E-state index contributed by atoms with van der Waals surface area (Å²) in [4.78, 5) is 2.43. The molecule has 2 aromatic carbocycles. The molecule has 2 aromatic rings. The van der Waals surface area contributed by atoms with Crippen molar-refractivity contribution in [1.29, 1.82) is 0 Å². The molecule has 0 fully saturated rings. The molecule has 0 bridgehead atoms. The summed E-state index contributed by atoms with van der Waals surface area (Å²) in [6.07, 6.45) is 0. The van der Waals surface area contributed by atoms with Crippen molar-refractivity contribution < 1.29 is 0 Å². The normalized spacial score (nSPS) is 12.5. The van der Waals surface area contributed by atoms with Gasteiger partial charge in [0.2, 0.25) is 0 Å². The summed E-state index contributed by atoms with van der Waals surface area (Å²) in [5.74, 6) is 0. The first-order valence-electron chi connectivity index (χ1n) is 4.76. The van der Waals surface area contributed by atoms with Gasteiger partial charge >= 0.3 is 0 Å². The van der Waals surface area contributed by atoms with Gasteiger partial charge in [0.15, 0.2) is 0 Å². The molecule has 0 aliphatic carbocycles. The highest BCUT2D eigenvalue weighted by Gasteiger charge is 2.14. The van der Waals surface area contributed by atoms with Crippen LogP contribution in [0.1, 0.15) is 0 Å². The average molecular weight is 209 g/mol. The van der Waals surface area contributed by atoms with Crippen LogP contribution in [0, 0.1) is 0 Å². The van der Waals surface area contributed by atoms with Gasteiger partial charge in [0.05, 0.1) is 11.4 Å². The number of hydrogen-bond acceptors (Lipinski definition) is 2. The van der Waals surface area contributed by atoms with Crippen LogP contribution < -0.4 is 10.8 Å². The number of hydrogen-bond donors (Lipinski definition) is 1. The molecule has 3 heteroatoms. The van der Waals surface area contributed by atoms with Gasteiger partial charge in [-0.15, -0.1) is 0 Å². The van der Waals surface area contributed by atoms with Crippen molar-refractivity contribution in [3.63, 3.8) is 0 Å². The zero-order valence-electron chi connectivity index (χ0n) is 8.03. The number of benzene rings is 2. The molecule has 1 aliphatic heterocycles. The second kappa shape index (κ2) is 3.35. The highest BCUT2D eigenvalue weighted by atomic mass is 32.2. The van der Waals surface area contributed by atoms with Crippen molar-refractivity contribution >= 4 is 36.4 Å². The smallest absolute Gasteiger partial charge is 0.113 e. The topological polar surface area (TPSA) is 12.0 Å². The summed E-state index contributed by atoms with van der Waals surface area (Å²) < 4.78 is 0. The third kappa shape index (κ3) is 1.53. The zero-order chi connectivity index (χ0) is 10.3. The van der Waals surface area contributed by atoms with Crippen molar-refractivity contribution in [3.8, 4) is 0 Å². The fourth-order valence-electron chi connectivity index (χ4n) is 1.65. The maximum absolute atomic E-state index is 5.76. The van der Waals surface area contributed by atoms with Crippen LogP contribution >= 0.6 is 11.8 Å². The van der Waals surface area contributed by atoms with Crippen LogP contribution in [0.2, 0.25) is 0 Å². The summed E-state index contributed by atoms with van der Waals surface area (Å²) in [5, 5.41) is 3.39. The first-order valence-corrected chi connectivity index (χ1v) is 5.58. The molecule has 0 aromatic heterocycles. The van der Waals surface area contributed by atoms with E-state index in [0.29, 0.717) is 0 Å². The Hall–Kier alpha value is -1.35. The first-order chi connectivity index (χ1) is 7.33. The van der Waals surface area contributed by atoms with Crippen LogP contribution in [0.5, 0.6) is 0 Å². The van der Waals surface area contributed by atoms with E-state index in [0.717, 1.165) is 11.2 Å². The van der Waals surface area contributed by atoms with Crippen LogP contribution in [0.3, 0.4) is 0 Å². The van der Waals surface area contributed by atoms with Gasteiger partial charge in [-0.25, -0.2) is 0 Å². The van der Waals surface area contributed by atoms with Crippen LogP contribution in [0.25, 0.3) is 0 Å². The van der Waals surface area contributed by atoms with Gasteiger partial charge in [-0.3, -0.25) is 0 Å². The number of nitrogens with one attached hydrogen (secondary N) is 1. The zero-order valence-corrected chi connectivity index (χ0v) is 8.84. The van der Waals surface area contributed by atoms with Crippen molar-refractivity contribution in [3.05, 3.63) is 42.5 Å². The van der Waals surface area contributed by atoms with Crippen LogP contribution in [-0.2, 0) is 0 Å². The third-order valence-electron chi connectivity index (χ3n) is 2.38. The van der Waals surface area contributed by atoms with Gasteiger partial charge in [0.1, 0.15) is 7.85 Å². The van der Waals surface area contributed by atoms with E-state index in [9.17, 15) is 0 Å². The Kier molecular flexibility index (Phi) is 1.99. The van der Waals surface area contributed by atoms with Crippen molar-refractivity contribution in [2.24, 2.45) is 0 Å². The molecule has 1 nitrogen and oxygen atoms in total. The van der Waals surface area contributed by atoms with E-state index in [2.05, 4.69) is 17.4 Å². The molecule has 15 heavy (non-hydrogen) atoms. The molecular weight excluding hydrogens is 201 g/mol. The Balaban J connectivity index is 2.11. The van der Waals surface area contributed by atoms with E-state index < -0.39 is 0 Å². The first kappa shape index (κ1) is 8.92. The van der Waals surface area contributed by atoms with Gasteiger partial charge in [0.25, 0.3) is 0 Å². The molecule has 70 valence electrons. The highest BCUT2D eigenvalue weighted by molar-refractivity contribution is 7.99. The van der Waals surface area contributed by atoms with Crippen LogP contribution in [0.15, 0.2) is 52.3 Å². The van der Waals surface area contributed by atoms with E-state index in [1.807, 2.05) is 30.3 Å². The SMILES string of the molecule is [B]c1ccc2c(c1)Sc1ccccc1N2. The molecular formula is C12H8BNS. The maximum atomic E-state index is 5.76. The molecule has 3 rings (SSSR count). The van der Waals surface area contributed by atoms with Gasteiger partial charge in [-0.1, -0.05) is 41.5 Å². The van der Waals surface area contributed by atoms with Crippen molar-refractivity contribution in [2.75, 3.05) is 5.32 Å². The van der Waals surface area contributed by atoms with E-state index in [4.69, 9.17) is 7.85 Å².